The van der Waals surface area contributed by atoms with E-state index in [4.69, 9.17) is 4.74 Å². The molecular formula is C16H23NO3. The van der Waals surface area contributed by atoms with Crippen molar-refractivity contribution >= 4 is 11.7 Å². The van der Waals surface area contributed by atoms with Crippen molar-refractivity contribution in [1.29, 1.82) is 0 Å². The molecule has 0 fully saturated rings. The largest absolute Gasteiger partial charge is 0.496 e. The number of nitrogens with one attached hydrogen (secondary N) is 1. The summed E-state index contributed by atoms with van der Waals surface area (Å²) in [7, 11) is 1.48. The Labute approximate surface area is 120 Å². The lowest BCUT2D eigenvalue weighted by Gasteiger charge is -2.07. The SMILES string of the molecule is CCCCCCCNC(=O)C(=O)c1ccccc1OC. The minimum absolute atomic E-state index is 0.304. The van der Waals surface area contributed by atoms with Gasteiger partial charge in [0, 0.05) is 6.54 Å². The maximum absolute atomic E-state index is 12.0. The van der Waals surface area contributed by atoms with Crippen LogP contribution < -0.4 is 10.1 Å². The molecule has 0 atom stereocenters. The molecule has 0 bridgehead atoms. The van der Waals surface area contributed by atoms with Crippen LogP contribution >= 0.6 is 0 Å². The molecule has 0 aliphatic carbocycles. The molecule has 20 heavy (non-hydrogen) atoms. The molecule has 1 aromatic carbocycles. The molecular weight excluding hydrogens is 254 g/mol. The predicted molar refractivity (Wildman–Crippen MR) is 79.1 cm³/mol. The Kier molecular flexibility index (Phi) is 7.40. The van der Waals surface area contributed by atoms with E-state index >= 15 is 0 Å². The molecule has 1 aromatic rings. The van der Waals surface area contributed by atoms with Crippen LogP contribution in [0.4, 0.5) is 0 Å². The minimum Gasteiger partial charge on any atom is -0.496 e. The van der Waals surface area contributed by atoms with Gasteiger partial charge in [-0.3, -0.25) is 9.59 Å². The average molecular weight is 277 g/mol. The smallest absolute Gasteiger partial charge is 0.292 e. The molecule has 0 unspecified atom stereocenters. The fraction of sp³-hybridized carbons (Fsp3) is 0.500. The second kappa shape index (κ2) is 9.13. The number of hydrogen-bond donors (Lipinski definition) is 1. The molecule has 0 aliphatic rings. The zero-order valence-electron chi connectivity index (χ0n) is 12.3. The maximum Gasteiger partial charge on any atom is 0.292 e. The number of ketones is 1. The first-order chi connectivity index (χ1) is 9.70. The third kappa shape index (κ3) is 5.03. The molecule has 0 heterocycles. The fourth-order valence-corrected chi connectivity index (χ4v) is 1.97. The Morgan fingerprint density at radius 3 is 2.50 bits per heavy atom. The van der Waals surface area contributed by atoms with Gasteiger partial charge in [-0.1, -0.05) is 44.7 Å². The minimum atomic E-state index is -0.565. The van der Waals surface area contributed by atoms with Crippen LogP contribution in [0.25, 0.3) is 0 Å². The zero-order valence-corrected chi connectivity index (χ0v) is 12.3. The predicted octanol–water partition coefficient (Wildman–Crippen LogP) is 2.96. The molecule has 0 saturated carbocycles. The summed E-state index contributed by atoms with van der Waals surface area (Å²) < 4.78 is 5.09. The van der Waals surface area contributed by atoms with E-state index in [1.165, 1.54) is 26.4 Å². The standard InChI is InChI=1S/C16H23NO3/c1-3-4-5-6-9-12-17-16(19)15(18)13-10-7-8-11-14(13)20-2/h7-8,10-11H,3-6,9,12H2,1-2H3,(H,17,19). The van der Waals surface area contributed by atoms with Crippen molar-refractivity contribution in [3.63, 3.8) is 0 Å². The molecule has 4 heteroatoms. The van der Waals surface area contributed by atoms with Gasteiger partial charge in [0.2, 0.25) is 0 Å². The summed E-state index contributed by atoms with van der Waals surface area (Å²) >= 11 is 0. The number of Topliss-reactive ketones (excluding diaryl/α,β-unsaturated/α-hetero) is 1. The van der Waals surface area contributed by atoms with Crippen LogP contribution in [0.2, 0.25) is 0 Å². The van der Waals surface area contributed by atoms with E-state index < -0.39 is 11.7 Å². The zero-order chi connectivity index (χ0) is 14.8. The highest BCUT2D eigenvalue weighted by Crippen LogP contribution is 2.17. The van der Waals surface area contributed by atoms with Crippen molar-refractivity contribution in [2.75, 3.05) is 13.7 Å². The van der Waals surface area contributed by atoms with Gasteiger partial charge in [0.15, 0.2) is 0 Å². The van der Waals surface area contributed by atoms with E-state index in [1.54, 1.807) is 24.3 Å². The topological polar surface area (TPSA) is 55.4 Å². The van der Waals surface area contributed by atoms with Crippen molar-refractivity contribution in [2.24, 2.45) is 0 Å². The van der Waals surface area contributed by atoms with Gasteiger partial charge < -0.3 is 10.1 Å². The van der Waals surface area contributed by atoms with Crippen LogP contribution in [-0.4, -0.2) is 25.3 Å². The van der Waals surface area contributed by atoms with Crippen LogP contribution in [0.1, 0.15) is 49.4 Å². The molecule has 1 amide bonds. The van der Waals surface area contributed by atoms with Gasteiger partial charge in [-0.15, -0.1) is 0 Å². The Morgan fingerprint density at radius 2 is 1.80 bits per heavy atom. The molecule has 0 spiro atoms. The van der Waals surface area contributed by atoms with E-state index in [0.29, 0.717) is 17.9 Å². The first kappa shape index (κ1) is 16.2. The Balaban J connectivity index is 2.41. The summed E-state index contributed by atoms with van der Waals surface area (Å²) in [5, 5.41) is 2.67. The van der Waals surface area contributed by atoms with Gasteiger partial charge in [-0.2, -0.15) is 0 Å². The first-order valence-corrected chi connectivity index (χ1v) is 7.16. The summed E-state index contributed by atoms with van der Waals surface area (Å²) in [4.78, 5) is 23.8. The number of carbonyl (C=O) groups is 2. The van der Waals surface area contributed by atoms with Gasteiger partial charge >= 0.3 is 0 Å². The molecule has 4 nitrogen and oxygen atoms in total. The third-order valence-corrected chi connectivity index (χ3v) is 3.12. The number of amides is 1. The lowest BCUT2D eigenvalue weighted by atomic mass is 10.1. The van der Waals surface area contributed by atoms with Gasteiger partial charge in [0.25, 0.3) is 11.7 Å². The lowest BCUT2D eigenvalue weighted by molar-refractivity contribution is -0.117. The summed E-state index contributed by atoms with van der Waals surface area (Å²) in [5.41, 5.74) is 0.304. The summed E-state index contributed by atoms with van der Waals surface area (Å²) in [6, 6.07) is 6.75. The second-order valence-corrected chi connectivity index (χ2v) is 4.70. The van der Waals surface area contributed by atoms with E-state index in [-0.39, 0.29) is 0 Å². The number of benzene rings is 1. The van der Waals surface area contributed by atoms with E-state index in [0.717, 1.165) is 12.8 Å². The molecule has 0 aliphatic heterocycles. The van der Waals surface area contributed by atoms with Gasteiger partial charge in [-0.05, 0) is 18.6 Å². The Bertz CT molecular complexity index is 443. The Hall–Kier alpha value is -1.84. The molecule has 1 N–H and O–H groups in total. The normalized spacial score (nSPS) is 10.1. The second-order valence-electron chi connectivity index (χ2n) is 4.70. The van der Waals surface area contributed by atoms with Crippen molar-refractivity contribution in [2.45, 2.75) is 39.0 Å². The maximum atomic E-state index is 12.0. The number of ether oxygens (including phenoxy) is 1. The third-order valence-electron chi connectivity index (χ3n) is 3.12. The van der Waals surface area contributed by atoms with E-state index in [2.05, 4.69) is 12.2 Å². The number of hydrogen-bond acceptors (Lipinski definition) is 3. The highest BCUT2D eigenvalue weighted by atomic mass is 16.5. The van der Waals surface area contributed by atoms with Gasteiger partial charge in [0.1, 0.15) is 5.75 Å². The van der Waals surface area contributed by atoms with Crippen LogP contribution in [0.15, 0.2) is 24.3 Å². The van der Waals surface area contributed by atoms with E-state index in [1.807, 2.05) is 0 Å². The van der Waals surface area contributed by atoms with Crippen molar-refractivity contribution < 1.29 is 14.3 Å². The Morgan fingerprint density at radius 1 is 1.10 bits per heavy atom. The van der Waals surface area contributed by atoms with Crippen molar-refractivity contribution in [3.8, 4) is 5.75 Å². The molecule has 110 valence electrons. The fourth-order valence-electron chi connectivity index (χ4n) is 1.97. The molecule has 0 aromatic heterocycles. The number of methoxy groups -OCH3 is 1. The van der Waals surface area contributed by atoms with Gasteiger partial charge in [0.05, 0.1) is 12.7 Å². The number of unbranched alkanes of at least 4 members (excludes halogenated alkanes) is 4. The van der Waals surface area contributed by atoms with Crippen LogP contribution in [0.3, 0.4) is 0 Å². The summed E-state index contributed by atoms with van der Waals surface area (Å²) in [5.74, 6) is -0.684. The highest BCUT2D eigenvalue weighted by molar-refractivity contribution is 6.43. The average Bonchev–Trinajstić information content (AvgIpc) is 2.49. The first-order valence-electron chi connectivity index (χ1n) is 7.16. The monoisotopic (exact) mass is 277 g/mol. The molecule has 0 saturated heterocycles. The summed E-state index contributed by atoms with van der Waals surface area (Å²) in [6.45, 7) is 2.71. The van der Waals surface area contributed by atoms with Gasteiger partial charge in [-0.25, -0.2) is 0 Å². The molecule has 0 radical (unpaired) electrons. The number of carbonyl (C=O) groups excluding carboxylic acids is 2. The number of rotatable bonds is 9. The molecule has 1 rings (SSSR count). The van der Waals surface area contributed by atoms with Crippen LogP contribution in [0, 0.1) is 0 Å². The highest BCUT2D eigenvalue weighted by Gasteiger charge is 2.19. The van der Waals surface area contributed by atoms with Crippen molar-refractivity contribution in [1.82, 2.24) is 5.32 Å². The lowest BCUT2D eigenvalue weighted by Crippen LogP contribution is -2.32. The van der Waals surface area contributed by atoms with Crippen LogP contribution in [-0.2, 0) is 4.79 Å². The van der Waals surface area contributed by atoms with Crippen molar-refractivity contribution in [3.05, 3.63) is 29.8 Å². The summed E-state index contributed by atoms with van der Waals surface area (Å²) in [6.07, 6.45) is 5.57. The quantitative estimate of drug-likeness (QED) is 0.429. The van der Waals surface area contributed by atoms with Crippen LogP contribution in [0.5, 0.6) is 5.75 Å². The van der Waals surface area contributed by atoms with E-state index in [9.17, 15) is 9.59 Å². The number of para-hydroxylation sites is 1.